The lowest BCUT2D eigenvalue weighted by Crippen LogP contribution is -2.60. The van der Waals surface area contributed by atoms with Crippen molar-refractivity contribution in [3.8, 4) is 28.6 Å². The fourth-order valence-corrected chi connectivity index (χ4v) is 5.07. The van der Waals surface area contributed by atoms with Crippen LogP contribution in [0.2, 0.25) is 0 Å². The second kappa shape index (κ2) is 11.7. The highest BCUT2D eigenvalue weighted by Crippen LogP contribution is 2.45. The van der Waals surface area contributed by atoms with Crippen molar-refractivity contribution >= 4 is 11.0 Å². The van der Waals surface area contributed by atoms with Crippen LogP contribution < -0.4 is 5.43 Å². The SMILES string of the molecule is O=c1cc(-c2ccc(O)cc2)oc2cc(O)c([C@@H]3OC(CO[C@@H]4OC(CO)[C@H](O)[C@H](O)C4O)[C@H](O)[C@H](O)C3O)c(O)c12. The molecule has 2 aliphatic heterocycles. The summed E-state index contributed by atoms with van der Waals surface area (Å²) in [4.78, 5) is 13.0. The summed E-state index contributed by atoms with van der Waals surface area (Å²) in [6.07, 6.45) is -16.8. The fraction of sp³-hybridized carbons (Fsp3) is 0.444. The Labute approximate surface area is 236 Å². The van der Waals surface area contributed by atoms with Crippen LogP contribution in [0, 0.1) is 0 Å². The minimum Gasteiger partial charge on any atom is -0.508 e. The summed E-state index contributed by atoms with van der Waals surface area (Å²) in [6.45, 7) is -1.36. The maximum atomic E-state index is 13.0. The number of benzene rings is 2. The van der Waals surface area contributed by atoms with Crippen LogP contribution in [0.1, 0.15) is 11.7 Å². The average molecular weight is 595 g/mol. The van der Waals surface area contributed by atoms with Gasteiger partial charge >= 0.3 is 0 Å². The van der Waals surface area contributed by atoms with E-state index in [1.165, 1.54) is 24.3 Å². The largest absolute Gasteiger partial charge is 0.508 e. The first kappa shape index (κ1) is 30.1. The minimum atomic E-state index is -1.92. The number of fused-ring (bicyclic) bond motifs is 1. The van der Waals surface area contributed by atoms with Gasteiger partial charge in [0.05, 0.1) is 18.8 Å². The van der Waals surface area contributed by atoms with E-state index in [4.69, 9.17) is 18.6 Å². The summed E-state index contributed by atoms with van der Waals surface area (Å²) in [6, 6.07) is 7.79. The number of rotatable bonds is 6. The molecule has 0 bridgehead atoms. The van der Waals surface area contributed by atoms with Gasteiger partial charge in [-0.1, -0.05) is 0 Å². The zero-order chi connectivity index (χ0) is 30.5. The minimum absolute atomic E-state index is 0.0166. The molecule has 228 valence electrons. The third-order valence-corrected chi connectivity index (χ3v) is 7.43. The molecule has 0 radical (unpaired) electrons. The van der Waals surface area contributed by atoms with Crippen molar-refractivity contribution in [2.45, 2.75) is 61.2 Å². The smallest absolute Gasteiger partial charge is 0.197 e. The van der Waals surface area contributed by atoms with Crippen molar-refractivity contribution in [3.63, 3.8) is 0 Å². The molecule has 1 aromatic heterocycles. The molecular weight excluding hydrogens is 564 g/mol. The molecule has 10 atom stereocenters. The van der Waals surface area contributed by atoms with E-state index >= 15 is 0 Å². The van der Waals surface area contributed by atoms with Gasteiger partial charge in [0.1, 0.15) is 88.9 Å². The number of aliphatic hydroxyl groups excluding tert-OH is 7. The van der Waals surface area contributed by atoms with Gasteiger partial charge in [-0.2, -0.15) is 0 Å². The van der Waals surface area contributed by atoms with Gasteiger partial charge in [0.15, 0.2) is 11.7 Å². The van der Waals surface area contributed by atoms with E-state index in [1.54, 1.807) is 0 Å². The van der Waals surface area contributed by atoms with Crippen molar-refractivity contribution in [3.05, 3.63) is 52.2 Å². The maximum absolute atomic E-state index is 13.0. The Morgan fingerprint density at radius 3 is 2.07 bits per heavy atom. The maximum Gasteiger partial charge on any atom is 0.197 e. The number of aromatic hydroxyl groups is 3. The number of phenolic OH excluding ortho intramolecular Hbond substituents is 3. The summed E-state index contributed by atoms with van der Waals surface area (Å²) in [5, 5.41) is 102. The lowest BCUT2D eigenvalue weighted by molar-refractivity contribution is -0.314. The van der Waals surface area contributed by atoms with Crippen LogP contribution in [-0.4, -0.2) is 119 Å². The van der Waals surface area contributed by atoms with Gasteiger partial charge in [-0.25, -0.2) is 0 Å². The summed E-state index contributed by atoms with van der Waals surface area (Å²) < 4.78 is 22.0. The van der Waals surface area contributed by atoms with Crippen LogP contribution in [0.5, 0.6) is 17.2 Å². The Hall–Kier alpha value is -3.35. The van der Waals surface area contributed by atoms with Gasteiger partial charge < -0.3 is 69.7 Å². The molecule has 5 rings (SSSR count). The highest BCUT2D eigenvalue weighted by molar-refractivity contribution is 5.88. The molecule has 4 unspecified atom stereocenters. The predicted octanol–water partition coefficient (Wildman–Crippen LogP) is -2.08. The number of hydrogen-bond donors (Lipinski definition) is 10. The molecule has 42 heavy (non-hydrogen) atoms. The van der Waals surface area contributed by atoms with Gasteiger partial charge in [0, 0.05) is 17.7 Å². The molecule has 0 amide bonds. The molecule has 2 aromatic carbocycles. The van der Waals surface area contributed by atoms with Gasteiger partial charge in [0.2, 0.25) is 0 Å². The quantitative estimate of drug-likeness (QED) is 0.147. The van der Waals surface area contributed by atoms with Crippen LogP contribution in [-0.2, 0) is 14.2 Å². The van der Waals surface area contributed by atoms with Crippen molar-refractivity contribution in [1.29, 1.82) is 0 Å². The molecule has 0 saturated carbocycles. The van der Waals surface area contributed by atoms with E-state index in [0.717, 1.165) is 12.1 Å². The molecule has 3 heterocycles. The molecule has 2 aliphatic rings. The Balaban J connectivity index is 1.43. The Bertz CT molecular complexity index is 1470. The van der Waals surface area contributed by atoms with Crippen LogP contribution in [0.4, 0.5) is 0 Å². The summed E-state index contributed by atoms with van der Waals surface area (Å²) in [5.41, 5.74) is -1.03. The zero-order valence-corrected chi connectivity index (χ0v) is 21.7. The topological polar surface area (TPSA) is 260 Å². The van der Waals surface area contributed by atoms with Crippen LogP contribution in [0.25, 0.3) is 22.3 Å². The predicted molar refractivity (Wildman–Crippen MR) is 138 cm³/mol. The van der Waals surface area contributed by atoms with Crippen molar-refractivity contribution in [2.75, 3.05) is 13.2 Å². The van der Waals surface area contributed by atoms with Crippen molar-refractivity contribution in [1.82, 2.24) is 0 Å². The normalized spacial score (nSPS) is 33.6. The van der Waals surface area contributed by atoms with E-state index in [-0.39, 0.29) is 22.5 Å². The number of ether oxygens (including phenoxy) is 3. The van der Waals surface area contributed by atoms with Gasteiger partial charge in [0.25, 0.3) is 0 Å². The van der Waals surface area contributed by atoms with Crippen LogP contribution in [0.3, 0.4) is 0 Å². The highest BCUT2D eigenvalue weighted by Gasteiger charge is 2.48. The summed E-state index contributed by atoms with van der Waals surface area (Å²) in [7, 11) is 0. The zero-order valence-electron chi connectivity index (χ0n) is 21.7. The van der Waals surface area contributed by atoms with E-state index in [0.29, 0.717) is 5.56 Å². The van der Waals surface area contributed by atoms with E-state index < -0.39 is 96.9 Å². The van der Waals surface area contributed by atoms with Crippen molar-refractivity contribution < 1.29 is 69.7 Å². The Morgan fingerprint density at radius 1 is 0.762 bits per heavy atom. The summed E-state index contributed by atoms with van der Waals surface area (Å²) >= 11 is 0. The number of aliphatic hydroxyl groups is 7. The lowest BCUT2D eigenvalue weighted by Gasteiger charge is -2.43. The molecule has 0 spiro atoms. The first-order valence-corrected chi connectivity index (χ1v) is 12.9. The molecule has 15 heteroatoms. The molecule has 15 nitrogen and oxygen atoms in total. The van der Waals surface area contributed by atoms with E-state index in [9.17, 15) is 55.9 Å². The standard InChI is InChI=1S/C27H30O15/c28-7-15-19(32)23(36)25(38)27(42-15)39-8-16-20(33)22(35)24(37)26(41-16)18-12(31)6-14-17(21(18)34)11(30)5-13(40-14)9-1-3-10(29)4-2-9/h1-6,15-16,19-20,22-29,31-38H,7-8H2/t15?,16?,19-,20-,22-,23-,24?,25?,26-,27+/m0/s1. The Kier molecular flexibility index (Phi) is 8.41. The molecule has 10 N–H and O–H groups in total. The first-order chi connectivity index (χ1) is 19.9. The van der Waals surface area contributed by atoms with Crippen LogP contribution >= 0.6 is 0 Å². The lowest BCUT2D eigenvalue weighted by atomic mass is 9.89. The van der Waals surface area contributed by atoms with Gasteiger partial charge in [-0.3, -0.25) is 4.79 Å². The third kappa shape index (κ3) is 5.31. The molecule has 2 fully saturated rings. The van der Waals surface area contributed by atoms with Gasteiger partial charge in [-0.05, 0) is 24.3 Å². The average Bonchev–Trinajstić information content (AvgIpc) is 2.96. The first-order valence-electron chi connectivity index (χ1n) is 12.9. The second-order valence-corrected chi connectivity index (χ2v) is 10.2. The number of hydrogen-bond acceptors (Lipinski definition) is 15. The fourth-order valence-electron chi connectivity index (χ4n) is 5.07. The molecular formula is C27H30O15. The molecule has 3 aromatic rings. The molecule has 0 aliphatic carbocycles. The monoisotopic (exact) mass is 594 g/mol. The van der Waals surface area contributed by atoms with E-state index in [2.05, 4.69) is 0 Å². The van der Waals surface area contributed by atoms with Crippen molar-refractivity contribution in [2.24, 2.45) is 0 Å². The van der Waals surface area contributed by atoms with Gasteiger partial charge in [-0.15, -0.1) is 0 Å². The third-order valence-electron chi connectivity index (χ3n) is 7.43. The second-order valence-electron chi connectivity index (χ2n) is 10.2. The Morgan fingerprint density at radius 2 is 1.40 bits per heavy atom. The summed E-state index contributed by atoms with van der Waals surface area (Å²) in [5.74, 6) is -1.46. The molecule has 2 saturated heterocycles. The number of phenols is 3. The highest BCUT2D eigenvalue weighted by atomic mass is 16.7. The van der Waals surface area contributed by atoms with E-state index in [1.807, 2.05) is 0 Å². The van der Waals surface area contributed by atoms with Crippen LogP contribution in [0.15, 0.2) is 45.6 Å².